The molecule has 0 heterocycles. The lowest BCUT2D eigenvalue weighted by molar-refractivity contribution is 0.875. The molecule has 360 valence electrons. The fourth-order valence-corrected chi connectivity index (χ4v) is 134. The van der Waals surface area contributed by atoms with Crippen molar-refractivity contribution in [3.05, 3.63) is 303 Å². The SMILES string of the molecule is CCCC[Si](c1ccccc1)(c1ccccc1)[Si](c1ccccc1)(c1ccccc1)[Si](c1ccccc1)(c1ccccc1)[Si](c1ccccc1)(c1ccccc1)[Si](CCCC)(c1ccccc1)c1ccccc1. The van der Waals surface area contributed by atoms with E-state index in [-0.39, 0.29) is 0 Å². The summed E-state index contributed by atoms with van der Waals surface area (Å²) in [6, 6.07) is 126. The lowest BCUT2D eigenvalue weighted by atomic mass is 10.4. The fourth-order valence-electron chi connectivity index (χ4n) is 14.2. The Morgan fingerprint density at radius 1 is 0.192 bits per heavy atom. The van der Waals surface area contributed by atoms with E-state index in [4.69, 9.17) is 0 Å². The molecule has 10 aromatic carbocycles. The predicted octanol–water partition coefficient (Wildman–Crippen LogP) is 10.2. The van der Waals surface area contributed by atoms with Crippen LogP contribution in [0.2, 0.25) is 12.1 Å². The van der Waals surface area contributed by atoms with Crippen LogP contribution >= 0.6 is 0 Å². The normalized spacial score (nSPS) is 12.3. The van der Waals surface area contributed by atoms with E-state index in [2.05, 4.69) is 317 Å². The van der Waals surface area contributed by atoms with Crippen molar-refractivity contribution < 1.29 is 0 Å². The Labute approximate surface area is 440 Å². The van der Waals surface area contributed by atoms with Crippen LogP contribution in [0.4, 0.5) is 0 Å². The molecule has 73 heavy (non-hydrogen) atoms. The third kappa shape index (κ3) is 8.13. The molecular weight excluding hydrogens is 957 g/mol. The van der Waals surface area contributed by atoms with Gasteiger partial charge in [-0.05, 0) is 0 Å². The molecule has 10 aromatic rings. The van der Waals surface area contributed by atoms with Crippen LogP contribution < -0.4 is 51.9 Å². The molecule has 0 atom stereocenters. The summed E-state index contributed by atoms with van der Waals surface area (Å²) >= 11 is 0. The van der Waals surface area contributed by atoms with Crippen molar-refractivity contribution in [1.29, 1.82) is 0 Å². The number of hydrogen-bond acceptors (Lipinski definition) is 0. The summed E-state index contributed by atoms with van der Waals surface area (Å²) in [5.74, 6) is 0. The molecule has 0 nitrogen and oxygen atoms in total. The zero-order valence-corrected chi connectivity index (χ0v) is 47.6. The van der Waals surface area contributed by atoms with Gasteiger partial charge in [0.1, 0.15) is 36.5 Å². The number of unbranched alkanes of at least 4 members (excludes halogenated alkanes) is 2. The molecule has 0 spiro atoms. The van der Waals surface area contributed by atoms with Crippen molar-refractivity contribution in [3.63, 3.8) is 0 Å². The van der Waals surface area contributed by atoms with E-state index < -0.39 is 36.5 Å². The van der Waals surface area contributed by atoms with Gasteiger partial charge in [0.05, 0.1) is 0 Å². The molecular formula is C68H68Si5. The minimum atomic E-state index is -3.77. The minimum absolute atomic E-state index is 1.11. The molecule has 0 amide bonds. The van der Waals surface area contributed by atoms with Crippen LogP contribution in [0, 0.1) is 0 Å². The van der Waals surface area contributed by atoms with Crippen molar-refractivity contribution in [2.24, 2.45) is 0 Å². The second kappa shape index (κ2) is 22.6. The van der Waals surface area contributed by atoms with Gasteiger partial charge in [-0.1, -0.05) is 407 Å². The maximum atomic E-state index is 2.67. The van der Waals surface area contributed by atoms with Gasteiger partial charge in [-0.15, -0.1) is 0 Å². The number of hydrogen-bond donors (Lipinski definition) is 0. The van der Waals surface area contributed by atoms with Gasteiger partial charge < -0.3 is 0 Å². The average Bonchev–Trinajstić information content (AvgIpc) is 3.49. The van der Waals surface area contributed by atoms with Crippen LogP contribution in [-0.2, 0) is 0 Å². The molecule has 10 rings (SSSR count). The second-order valence-corrected chi connectivity index (χ2v) is 57.9. The molecule has 0 saturated carbocycles. The zero-order chi connectivity index (χ0) is 49.9. The molecule has 0 radical (unpaired) electrons. The second-order valence-electron chi connectivity index (χ2n) is 19.9. The quantitative estimate of drug-likeness (QED) is 0.0668. The minimum Gasteiger partial charge on any atom is -0.0654 e. The van der Waals surface area contributed by atoms with Crippen LogP contribution in [-0.4, -0.2) is 36.5 Å². The Kier molecular flexibility index (Phi) is 15.4. The Hall–Kier alpha value is -6.72. The van der Waals surface area contributed by atoms with Crippen LogP contribution in [0.5, 0.6) is 0 Å². The molecule has 0 bridgehead atoms. The van der Waals surface area contributed by atoms with Gasteiger partial charge in [0.25, 0.3) is 0 Å². The van der Waals surface area contributed by atoms with Gasteiger partial charge in [-0.25, -0.2) is 0 Å². The number of benzene rings is 10. The van der Waals surface area contributed by atoms with Gasteiger partial charge in [-0.3, -0.25) is 0 Å². The molecule has 0 unspecified atom stereocenters. The largest absolute Gasteiger partial charge is 0.123 e. The molecule has 0 aliphatic rings. The highest BCUT2D eigenvalue weighted by Gasteiger charge is 2.82. The molecule has 0 aliphatic heterocycles. The third-order valence-corrected chi connectivity index (χ3v) is 91.5. The summed E-state index contributed by atoms with van der Waals surface area (Å²) in [4.78, 5) is 0. The highest BCUT2D eigenvalue weighted by Crippen LogP contribution is 2.43. The Morgan fingerprint density at radius 3 is 0.507 bits per heavy atom. The van der Waals surface area contributed by atoms with Crippen molar-refractivity contribution >= 4 is 88.4 Å². The maximum Gasteiger partial charge on any atom is 0.123 e. The molecule has 0 N–H and O–H groups in total. The van der Waals surface area contributed by atoms with E-state index in [1.807, 2.05) is 0 Å². The van der Waals surface area contributed by atoms with Crippen molar-refractivity contribution in [1.82, 2.24) is 0 Å². The standard InChI is InChI=1S/C68H68Si5/c1-3-5-57-69(59-37-17-7-18-38-59,60-39-19-8-20-40-60)71(63-45-25-11-26-46-63,64-47-27-12-28-48-64)73(67-53-33-15-34-54-67,68-55-35-16-36-56-68)72(65-49-29-13-30-50-65,66-51-31-14-32-52-66)70(58-6-4-2,61-41-21-9-22-42-61)62-43-23-10-24-44-62/h7-56H,3-6,57-58H2,1-2H3. The van der Waals surface area contributed by atoms with Crippen molar-refractivity contribution in [3.8, 4) is 0 Å². The monoisotopic (exact) mass is 1020 g/mol. The van der Waals surface area contributed by atoms with E-state index in [0.717, 1.165) is 37.8 Å². The lowest BCUT2D eigenvalue weighted by Gasteiger charge is -2.68. The molecule has 0 aliphatic carbocycles. The molecule has 0 aromatic heterocycles. The number of rotatable bonds is 20. The van der Waals surface area contributed by atoms with E-state index in [1.54, 1.807) is 51.9 Å². The lowest BCUT2D eigenvalue weighted by Crippen LogP contribution is -3.11. The highest BCUT2D eigenvalue weighted by molar-refractivity contribution is 8.07. The van der Waals surface area contributed by atoms with E-state index >= 15 is 0 Å². The van der Waals surface area contributed by atoms with Gasteiger partial charge in [0.2, 0.25) is 0 Å². The Bertz CT molecular complexity index is 2840. The smallest absolute Gasteiger partial charge is 0.0654 e. The van der Waals surface area contributed by atoms with Gasteiger partial charge in [0, 0.05) is 0 Å². The van der Waals surface area contributed by atoms with Gasteiger partial charge in [0.15, 0.2) is 0 Å². The molecule has 5 heteroatoms. The summed E-state index contributed by atoms with van der Waals surface area (Å²) in [7, 11) is -17.6. The van der Waals surface area contributed by atoms with Gasteiger partial charge >= 0.3 is 0 Å². The zero-order valence-electron chi connectivity index (χ0n) is 42.6. The summed E-state index contributed by atoms with van der Waals surface area (Å²) in [6.07, 6.45) is 4.46. The molecule has 0 saturated heterocycles. The average molecular weight is 1030 g/mol. The summed E-state index contributed by atoms with van der Waals surface area (Å²) in [5.41, 5.74) is 0. The summed E-state index contributed by atoms with van der Waals surface area (Å²) in [5, 5.41) is 15.6. The summed E-state index contributed by atoms with van der Waals surface area (Å²) in [6.45, 7) is 4.87. The van der Waals surface area contributed by atoms with E-state index in [0.29, 0.717) is 0 Å². The topological polar surface area (TPSA) is 0 Å². The Balaban J connectivity index is 1.69. The Morgan fingerprint density at radius 2 is 0.342 bits per heavy atom. The summed E-state index contributed by atoms with van der Waals surface area (Å²) < 4.78 is 0. The van der Waals surface area contributed by atoms with Crippen molar-refractivity contribution in [2.75, 3.05) is 0 Å². The predicted molar refractivity (Wildman–Crippen MR) is 329 cm³/mol. The fraction of sp³-hybridized carbons (Fsp3) is 0.118. The van der Waals surface area contributed by atoms with Crippen molar-refractivity contribution in [2.45, 2.75) is 51.6 Å². The van der Waals surface area contributed by atoms with E-state index in [9.17, 15) is 0 Å². The molecule has 0 fully saturated rings. The van der Waals surface area contributed by atoms with E-state index in [1.165, 1.54) is 0 Å². The van der Waals surface area contributed by atoms with Crippen LogP contribution in [0.25, 0.3) is 0 Å². The first kappa shape index (κ1) is 49.8. The van der Waals surface area contributed by atoms with Crippen LogP contribution in [0.3, 0.4) is 0 Å². The maximum absolute atomic E-state index is 3.77. The van der Waals surface area contributed by atoms with Crippen LogP contribution in [0.1, 0.15) is 39.5 Å². The first-order valence-electron chi connectivity index (χ1n) is 26.7. The van der Waals surface area contributed by atoms with Gasteiger partial charge in [-0.2, -0.15) is 0 Å². The third-order valence-electron chi connectivity index (χ3n) is 16.5. The first-order valence-corrected chi connectivity index (χ1v) is 41.1. The van der Waals surface area contributed by atoms with Crippen LogP contribution in [0.15, 0.2) is 303 Å². The highest BCUT2D eigenvalue weighted by atomic mass is 29.9. The first-order chi connectivity index (χ1) is 36.2.